The molecule has 7 nitrogen and oxygen atoms in total. The largest absolute Gasteiger partial charge is 0.493 e. The van der Waals surface area contributed by atoms with Crippen LogP contribution in [0.15, 0.2) is 70.5 Å². The van der Waals surface area contributed by atoms with Crippen LogP contribution in [0, 0.1) is 11.3 Å². The summed E-state index contributed by atoms with van der Waals surface area (Å²) in [4.78, 5) is 15.0. The van der Waals surface area contributed by atoms with Crippen LogP contribution in [0.1, 0.15) is 17.2 Å². The van der Waals surface area contributed by atoms with Gasteiger partial charge in [0.25, 0.3) is 5.91 Å². The molecule has 1 heterocycles. The monoisotopic (exact) mass is 479 g/mol. The molecule has 0 saturated carbocycles. The molecule has 9 heteroatoms. The number of thiol groups is 1. The zero-order chi connectivity index (χ0) is 23.4. The lowest BCUT2D eigenvalue weighted by atomic mass is 10.1. The van der Waals surface area contributed by atoms with Gasteiger partial charge in [-0.15, -0.1) is 12.6 Å². The summed E-state index contributed by atoms with van der Waals surface area (Å²) < 4.78 is 16.9. The Labute approximate surface area is 201 Å². The second-order valence-electron chi connectivity index (χ2n) is 7.05. The van der Waals surface area contributed by atoms with E-state index in [0.29, 0.717) is 28.4 Å². The maximum absolute atomic E-state index is 13.3. The summed E-state index contributed by atoms with van der Waals surface area (Å²) >= 11 is 5.74. The molecule has 1 aliphatic heterocycles. The molecule has 33 heavy (non-hydrogen) atoms. The first-order valence-corrected chi connectivity index (χ1v) is 11.3. The molecule has 0 aromatic heterocycles. The second-order valence-corrected chi connectivity index (χ2v) is 8.69. The number of hydrogen-bond acceptors (Lipinski definition) is 8. The topological polar surface area (TPSA) is 92.6 Å². The summed E-state index contributed by atoms with van der Waals surface area (Å²) in [5.41, 5.74) is 1.60. The molecule has 0 fully saturated rings. The van der Waals surface area contributed by atoms with Gasteiger partial charge in [0, 0.05) is 10.5 Å². The molecule has 3 aromatic carbocycles. The van der Waals surface area contributed by atoms with Crippen LogP contribution in [0.5, 0.6) is 17.2 Å². The molecular weight excluding hydrogens is 458 g/mol. The highest BCUT2D eigenvalue weighted by Crippen LogP contribution is 2.48. The third-order valence-corrected chi connectivity index (χ3v) is 6.38. The molecular formula is C24H21N3O4S2. The van der Waals surface area contributed by atoms with Crippen molar-refractivity contribution >= 4 is 36.0 Å². The van der Waals surface area contributed by atoms with Crippen LogP contribution in [-0.2, 0) is 4.79 Å². The van der Waals surface area contributed by atoms with Gasteiger partial charge in [0.2, 0.25) is 6.10 Å². The van der Waals surface area contributed by atoms with Crippen molar-refractivity contribution in [3.05, 3.63) is 71.8 Å². The summed E-state index contributed by atoms with van der Waals surface area (Å²) in [7, 11) is 3.16. The minimum atomic E-state index is -0.908. The van der Waals surface area contributed by atoms with E-state index in [1.165, 1.54) is 11.8 Å². The molecule has 4 rings (SSSR count). The quantitative estimate of drug-likeness (QED) is 0.427. The third-order valence-electron chi connectivity index (χ3n) is 4.97. The van der Waals surface area contributed by atoms with Gasteiger partial charge in [-0.3, -0.25) is 4.79 Å². The van der Waals surface area contributed by atoms with Gasteiger partial charge < -0.3 is 24.8 Å². The third kappa shape index (κ3) is 4.97. The number of thioether (sulfide) groups is 1. The number of anilines is 1. The zero-order valence-electron chi connectivity index (χ0n) is 17.9. The van der Waals surface area contributed by atoms with Crippen LogP contribution >= 0.6 is 24.4 Å². The minimum absolute atomic E-state index is 0.324. The number of carbonyl (C=O) groups excluding carboxylic acids is 1. The first-order valence-electron chi connectivity index (χ1n) is 9.96. The van der Waals surface area contributed by atoms with Crippen molar-refractivity contribution in [1.82, 2.24) is 5.32 Å². The summed E-state index contributed by atoms with van der Waals surface area (Å²) in [6.45, 7) is 0. The number of rotatable bonds is 7. The van der Waals surface area contributed by atoms with Gasteiger partial charge in [0.15, 0.2) is 17.0 Å². The van der Waals surface area contributed by atoms with E-state index in [0.717, 1.165) is 15.5 Å². The van der Waals surface area contributed by atoms with E-state index in [1.54, 1.807) is 62.8 Å². The number of carbonyl (C=O) groups is 1. The van der Waals surface area contributed by atoms with E-state index in [-0.39, 0.29) is 5.91 Å². The number of fused-ring (bicyclic) bond motifs is 1. The first-order chi connectivity index (χ1) is 16.0. The summed E-state index contributed by atoms with van der Waals surface area (Å²) in [5, 5.41) is 15.3. The van der Waals surface area contributed by atoms with E-state index in [1.807, 2.05) is 12.1 Å². The Morgan fingerprint density at radius 3 is 2.45 bits per heavy atom. The van der Waals surface area contributed by atoms with Crippen molar-refractivity contribution in [3.63, 3.8) is 0 Å². The molecule has 1 amide bonds. The van der Waals surface area contributed by atoms with Crippen molar-refractivity contribution in [2.75, 3.05) is 19.5 Å². The molecule has 0 aliphatic carbocycles. The van der Waals surface area contributed by atoms with Crippen molar-refractivity contribution in [2.45, 2.75) is 21.4 Å². The predicted molar refractivity (Wildman–Crippen MR) is 129 cm³/mol. The Kier molecular flexibility index (Phi) is 6.87. The highest BCUT2D eigenvalue weighted by atomic mass is 32.2. The van der Waals surface area contributed by atoms with Crippen molar-refractivity contribution in [1.29, 1.82) is 5.26 Å². The Hall–Kier alpha value is -3.48. The molecule has 2 N–H and O–H groups in total. The first kappa shape index (κ1) is 22.7. The van der Waals surface area contributed by atoms with Crippen LogP contribution in [0.25, 0.3) is 0 Å². The number of ether oxygens (including phenoxy) is 3. The average Bonchev–Trinajstić information content (AvgIpc) is 3.25. The van der Waals surface area contributed by atoms with Gasteiger partial charge in [-0.2, -0.15) is 5.26 Å². The predicted octanol–water partition coefficient (Wildman–Crippen LogP) is 4.60. The highest BCUT2D eigenvalue weighted by Gasteiger charge is 2.31. The number of methoxy groups -OCH3 is 2. The standard InChI is InChI=1S/C24H21N3O4S2/c1-29-19-12-11-18-22(21(19)30-2)33-24(26-18)27-23(28)20(15-5-9-17(32)10-6-15)31-16-7-3-14(13-25)4-8-16/h3-12,20,24,26,32H,1-2H3,(H,27,28). The van der Waals surface area contributed by atoms with E-state index >= 15 is 0 Å². The minimum Gasteiger partial charge on any atom is -0.493 e. The van der Waals surface area contributed by atoms with Gasteiger partial charge in [0.05, 0.1) is 36.4 Å². The van der Waals surface area contributed by atoms with Gasteiger partial charge in [-0.25, -0.2) is 0 Å². The lowest BCUT2D eigenvalue weighted by Crippen LogP contribution is -2.40. The Bertz CT molecular complexity index is 1190. The van der Waals surface area contributed by atoms with Crippen LogP contribution in [0.2, 0.25) is 0 Å². The van der Waals surface area contributed by atoms with Gasteiger partial charge in [0.1, 0.15) is 5.75 Å². The number of hydrogen-bond donors (Lipinski definition) is 3. The van der Waals surface area contributed by atoms with Gasteiger partial charge in [-0.1, -0.05) is 23.9 Å². The number of nitrogens with one attached hydrogen (secondary N) is 2. The normalized spacial score (nSPS) is 14.9. The molecule has 3 aromatic rings. The van der Waals surface area contributed by atoms with Gasteiger partial charge in [-0.05, 0) is 48.5 Å². The highest BCUT2D eigenvalue weighted by molar-refractivity contribution is 8.00. The van der Waals surface area contributed by atoms with Crippen molar-refractivity contribution < 1.29 is 19.0 Å². The van der Waals surface area contributed by atoms with E-state index in [9.17, 15) is 4.79 Å². The van der Waals surface area contributed by atoms with E-state index < -0.39 is 11.6 Å². The Morgan fingerprint density at radius 1 is 1.09 bits per heavy atom. The van der Waals surface area contributed by atoms with E-state index in [4.69, 9.17) is 19.5 Å². The summed E-state index contributed by atoms with van der Waals surface area (Å²) in [6.07, 6.45) is -0.908. The van der Waals surface area contributed by atoms with Crippen molar-refractivity contribution in [2.24, 2.45) is 0 Å². The van der Waals surface area contributed by atoms with Gasteiger partial charge >= 0.3 is 0 Å². The van der Waals surface area contributed by atoms with E-state index in [2.05, 4.69) is 29.3 Å². The fourth-order valence-electron chi connectivity index (χ4n) is 3.35. The summed E-state index contributed by atoms with van der Waals surface area (Å²) in [6, 6.07) is 19.6. The van der Waals surface area contributed by atoms with Crippen LogP contribution < -0.4 is 24.8 Å². The number of nitriles is 1. The lowest BCUT2D eigenvalue weighted by Gasteiger charge is -2.21. The number of benzene rings is 3. The van der Waals surface area contributed by atoms with Crippen molar-refractivity contribution in [3.8, 4) is 23.3 Å². The SMILES string of the molecule is COc1ccc2c(c1OC)SC(NC(=O)C(Oc1ccc(C#N)cc1)c1ccc(S)cc1)N2. The molecule has 1 aliphatic rings. The molecule has 168 valence electrons. The Morgan fingerprint density at radius 2 is 1.82 bits per heavy atom. The average molecular weight is 480 g/mol. The number of amides is 1. The maximum atomic E-state index is 13.3. The molecule has 0 radical (unpaired) electrons. The lowest BCUT2D eigenvalue weighted by molar-refractivity contribution is -0.128. The van der Waals surface area contributed by atoms with Crippen LogP contribution in [0.3, 0.4) is 0 Å². The molecule has 0 spiro atoms. The fraction of sp³-hybridized carbons (Fsp3) is 0.167. The van der Waals surface area contributed by atoms with Crippen LogP contribution in [-0.4, -0.2) is 25.6 Å². The molecule has 2 unspecified atom stereocenters. The Balaban J connectivity index is 1.55. The zero-order valence-corrected chi connectivity index (χ0v) is 19.6. The second kappa shape index (κ2) is 9.98. The molecule has 0 saturated heterocycles. The van der Waals surface area contributed by atoms with Crippen LogP contribution in [0.4, 0.5) is 5.69 Å². The smallest absolute Gasteiger partial charge is 0.268 e. The molecule has 0 bridgehead atoms. The maximum Gasteiger partial charge on any atom is 0.268 e. The summed E-state index contributed by atoms with van der Waals surface area (Å²) in [5.74, 6) is 1.38. The fourth-order valence-corrected chi connectivity index (χ4v) is 4.65. The number of nitrogens with zero attached hydrogens (tertiary/aromatic N) is 1. The molecule has 2 atom stereocenters.